The van der Waals surface area contributed by atoms with E-state index in [0.29, 0.717) is 19.1 Å². The van der Waals surface area contributed by atoms with Gasteiger partial charge in [0.1, 0.15) is 5.75 Å². The quantitative estimate of drug-likeness (QED) is 0.776. The van der Waals surface area contributed by atoms with Crippen LogP contribution in [0.25, 0.3) is 0 Å². The Morgan fingerprint density at radius 2 is 1.64 bits per heavy atom. The molecule has 1 aromatic carbocycles. The van der Waals surface area contributed by atoms with Crippen LogP contribution < -0.4 is 15.4 Å². The third-order valence-corrected chi connectivity index (χ3v) is 5.10. The summed E-state index contributed by atoms with van der Waals surface area (Å²) in [5.41, 5.74) is 0.739. The molecule has 0 heterocycles. The molecule has 2 saturated carbocycles. The summed E-state index contributed by atoms with van der Waals surface area (Å²) in [6.45, 7) is 2.55. The molecule has 2 unspecified atom stereocenters. The zero-order valence-corrected chi connectivity index (χ0v) is 14.9. The van der Waals surface area contributed by atoms with E-state index in [1.807, 2.05) is 31.2 Å². The number of amides is 2. The summed E-state index contributed by atoms with van der Waals surface area (Å²) in [6.07, 6.45) is 7.71. The lowest BCUT2D eigenvalue weighted by molar-refractivity contribution is -0.125. The predicted molar refractivity (Wildman–Crippen MR) is 97.5 cm³/mol. The largest absolute Gasteiger partial charge is 0.494 e. The van der Waals surface area contributed by atoms with Gasteiger partial charge in [-0.15, -0.1) is 0 Å². The standard InChI is InChI=1S/C20H28N2O3/c1-2-25-16-11-9-15(10-12-16)22-20(24)18-13-17(18)19(23)21-14-7-5-3-4-6-8-14/h9-12,14,17-18H,2-8,13H2,1H3,(H,21,23)(H,22,24). The zero-order valence-electron chi connectivity index (χ0n) is 14.9. The van der Waals surface area contributed by atoms with Gasteiger partial charge in [0.15, 0.2) is 0 Å². The molecule has 2 aliphatic rings. The van der Waals surface area contributed by atoms with Crippen LogP contribution in [-0.2, 0) is 9.59 Å². The minimum atomic E-state index is -0.197. The first kappa shape index (κ1) is 17.8. The topological polar surface area (TPSA) is 67.4 Å². The van der Waals surface area contributed by atoms with Crippen molar-refractivity contribution in [2.24, 2.45) is 11.8 Å². The monoisotopic (exact) mass is 344 g/mol. The molecular weight excluding hydrogens is 316 g/mol. The van der Waals surface area contributed by atoms with Crippen molar-refractivity contribution in [3.05, 3.63) is 24.3 Å². The Morgan fingerprint density at radius 3 is 2.28 bits per heavy atom. The van der Waals surface area contributed by atoms with Crippen LogP contribution in [0.15, 0.2) is 24.3 Å². The molecular formula is C20H28N2O3. The van der Waals surface area contributed by atoms with Crippen LogP contribution in [0.4, 0.5) is 5.69 Å². The fourth-order valence-electron chi connectivity index (χ4n) is 3.54. The molecule has 0 aliphatic heterocycles. The summed E-state index contributed by atoms with van der Waals surface area (Å²) in [5, 5.41) is 6.05. The molecule has 25 heavy (non-hydrogen) atoms. The van der Waals surface area contributed by atoms with Gasteiger partial charge in [-0.05, 0) is 50.5 Å². The van der Waals surface area contributed by atoms with E-state index in [1.165, 1.54) is 25.7 Å². The smallest absolute Gasteiger partial charge is 0.228 e. The average molecular weight is 344 g/mol. The molecule has 0 radical (unpaired) electrons. The molecule has 0 saturated heterocycles. The van der Waals surface area contributed by atoms with Gasteiger partial charge >= 0.3 is 0 Å². The number of benzene rings is 1. The summed E-state index contributed by atoms with van der Waals surface area (Å²) in [4.78, 5) is 24.7. The van der Waals surface area contributed by atoms with Crippen LogP contribution in [-0.4, -0.2) is 24.5 Å². The molecule has 2 aliphatic carbocycles. The Kier molecular flexibility index (Phi) is 5.95. The highest BCUT2D eigenvalue weighted by molar-refractivity contribution is 5.99. The fourth-order valence-corrected chi connectivity index (χ4v) is 3.54. The minimum Gasteiger partial charge on any atom is -0.494 e. The summed E-state index contributed by atoms with van der Waals surface area (Å²) in [6, 6.07) is 7.62. The van der Waals surface area contributed by atoms with Gasteiger partial charge in [0.05, 0.1) is 18.4 Å². The Morgan fingerprint density at radius 1 is 1.00 bits per heavy atom. The van der Waals surface area contributed by atoms with E-state index < -0.39 is 0 Å². The molecule has 5 heteroatoms. The van der Waals surface area contributed by atoms with E-state index >= 15 is 0 Å². The third-order valence-electron chi connectivity index (χ3n) is 5.10. The highest BCUT2D eigenvalue weighted by atomic mass is 16.5. The number of hydrogen-bond donors (Lipinski definition) is 2. The molecule has 5 nitrogen and oxygen atoms in total. The summed E-state index contributed by atoms with van der Waals surface area (Å²) in [5.74, 6) is 0.416. The van der Waals surface area contributed by atoms with Crippen molar-refractivity contribution >= 4 is 17.5 Å². The van der Waals surface area contributed by atoms with Crippen molar-refractivity contribution < 1.29 is 14.3 Å². The number of carbonyl (C=O) groups excluding carboxylic acids is 2. The van der Waals surface area contributed by atoms with Crippen molar-refractivity contribution in [1.29, 1.82) is 0 Å². The van der Waals surface area contributed by atoms with Gasteiger partial charge in [-0.3, -0.25) is 9.59 Å². The Labute approximate surface area is 149 Å². The van der Waals surface area contributed by atoms with Crippen LogP contribution in [0.3, 0.4) is 0 Å². The van der Waals surface area contributed by atoms with Crippen LogP contribution in [0.5, 0.6) is 5.75 Å². The predicted octanol–water partition coefficient (Wildman–Crippen LogP) is 3.50. The number of ether oxygens (including phenoxy) is 1. The second kappa shape index (κ2) is 8.37. The number of nitrogens with one attached hydrogen (secondary N) is 2. The first-order valence-corrected chi connectivity index (χ1v) is 9.51. The normalized spacial score (nSPS) is 23.4. The lowest BCUT2D eigenvalue weighted by Gasteiger charge is -2.16. The first-order chi connectivity index (χ1) is 12.2. The van der Waals surface area contributed by atoms with Crippen LogP contribution >= 0.6 is 0 Å². The van der Waals surface area contributed by atoms with Gasteiger partial charge in [0.2, 0.25) is 11.8 Å². The van der Waals surface area contributed by atoms with Crippen LogP contribution in [0, 0.1) is 11.8 Å². The van der Waals surface area contributed by atoms with Gasteiger partial charge < -0.3 is 15.4 Å². The maximum Gasteiger partial charge on any atom is 0.228 e. The summed E-state index contributed by atoms with van der Waals surface area (Å²) in [7, 11) is 0. The van der Waals surface area contributed by atoms with Gasteiger partial charge in [0.25, 0.3) is 0 Å². The molecule has 2 N–H and O–H groups in total. The number of carbonyl (C=O) groups is 2. The van der Waals surface area contributed by atoms with E-state index in [2.05, 4.69) is 10.6 Å². The van der Waals surface area contributed by atoms with Gasteiger partial charge in [-0.2, -0.15) is 0 Å². The molecule has 1 aromatic rings. The van der Waals surface area contributed by atoms with Crippen molar-refractivity contribution in [2.45, 2.75) is 57.9 Å². The second-order valence-electron chi connectivity index (χ2n) is 7.09. The first-order valence-electron chi connectivity index (χ1n) is 9.51. The molecule has 136 valence electrons. The molecule has 2 amide bonds. The van der Waals surface area contributed by atoms with Crippen molar-refractivity contribution in [3.63, 3.8) is 0 Å². The minimum absolute atomic E-state index is 0.0544. The highest BCUT2D eigenvalue weighted by Gasteiger charge is 2.48. The third kappa shape index (κ3) is 4.97. The summed E-state index contributed by atoms with van der Waals surface area (Å²) < 4.78 is 5.39. The van der Waals surface area contributed by atoms with Gasteiger partial charge in [-0.25, -0.2) is 0 Å². The number of anilines is 1. The second-order valence-corrected chi connectivity index (χ2v) is 7.09. The molecule has 0 bridgehead atoms. The van der Waals surface area contributed by atoms with Crippen LogP contribution in [0.2, 0.25) is 0 Å². The Hall–Kier alpha value is -2.04. The number of hydrogen-bond acceptors (Lipinski definition) is 3. The van der Waals surface area contributed by atoms with E-state index in [4.69, 9.17) is 4.74 Å². The molecule has 2 atom stereocenters. The van der Waals surface area contributed by atoms with Crippen molar-refractivity contribution in [3.8, 4) is 5.75 Å². The summed E-state index contributed by atoms with van der Waals surface area (Å²) >= 11 is 0. The van der Waals surface area contributed by atoms with E-state index in [0.717, 1.165) is 24.3 Å². The van der Waals surface area contributed by atoms with Crippen molar-refractivity contribution in [2.75, 3.05) is 11.9 Å². The average Bonchev–Trinajstić information content (AvgIpc) is 3.41. The SMILES string of the molecule is CCOc1ccc(NC(=O)C2CC2C(=O)NC2CCCCCC2)cc1. The van der Waals surface area contributed by atoms with Gasteiger partial charge in [0, 0.05) is 11.7 Å². The van der Waals surface area contributed by atoms with Gasteiger partial charge in [-0.1, -0.05) is 25.7 Å². The van der Waals surface area contributed by atoms with E-state index in [1.54, 1.807) is 0 Å². The fraction of sp³-hybridized carbons (Fsp3) is 0.600. The number of rotatable bonds is 6. The Bertz CT molecular complexity index is 591. The van der Waals surface area contributed by atoms with Crippen LogP contribution in [0.1, 0.15) is 51.9 Å². The van der Waals surface area contributed by atoms with E-state index in [-0.39, 0.29) is 23.7 Å². The molecule has 0 aromatic heterocycles. The zero-order chi connectivity index (χ0) is 17.6. The maximum atomic E-state index is 12.4. The molecule has 2 fully saturated rings. The molecule has 3 rings (SSSR count). The lowest BCUT2D eigenvalue weighted by Crippen LogP contribution is -2.36. The molecule has 0 spiro atoms. The Balaban J connectivity index is 1.45. The lowest BCUT2D eigenvalue weighted by atomic mass is 10.1. The van der Waals surface area contributed by atoms with Crippen molar-refractivity contribution in [1.82, 2.24) is 5.32 Å². The highest BCUT2D eigenvalue weighted by Crippen LogP contribution is 2.40. The maximum absolute atomic E-state index is 12.4. The van der Waals surface area contributed by atoms with E-state index in [9.17, 15) is 9.59 Å².